The summed E-state index contributed by atoms with van der Waals surface area (Å²) in [6.07, 6.45) is 1.47. The van der Waals surface area contributed by atoms with Crippen molar-refractivity contribution in [2.75, 3.05) is 12.9 Å². The van der Waals surface area contributed by atoms with Crippen molar-refractivity contribution in [1.82, 2.24) is 19.7 Å². The van der Waals surface area contributed by atoms with Gasteiger partial charge in [-0.15, -0.1) is 0 Å². The lowest BCUT2D eigenvalue weighted by atomic mass is 10.2. The first-order valence-electron chi connectivity index (χ1n) is 9.09. The first kappa shape index (κ1) is 19.7. The summed E-state index contributed by atoms with van der Waals surface area (Å²) in [5.41, 5.74) is 1.73. The summed E-state index contributed by atoms with van der Waals surface area (Å²) < 4.78 is 12.0. The fourth-order valence-corrected chi connectivity index (χ4v) is 3.44. The first-order chi connectivity index (χ1) is 14.6. The molecule has 0 aliphatic heterocycles. The van der Waals surface area contributed by atoms with Crippen molar-refractivity contribution in [2.45, 2.75) is 11.8 Å². The number of esters is 1. The second-order valence-corrected chi connectivity index (χ2v) is 7.26. The zero-order valence-corrected chi connectivity index (χ0v) is 16.9. The smallest absolute Gasteiger partial charge is 0.316 e. The van der Waals surface area contributed by atoms with Crippen LogP contribution in [0.15, 0.2) is 70.7 Å². The highest BCUT2D eigenvalue weighted by Crippen LogP contribution is 2.20. The van der Waals surface area contributed by atoms with Gasteiger partial charge in [0.25, 0.3) is 5.56 Å². The summed E-state index contributed by atoms with van der Waals surface area (Å²) in [6, 6.07) is 16.7. The van der Waals surface area contributed by atoms with Crippen molar-refractivity contribution in [3.8, 4) is 11.4 Å². The molecular formula is C21H18N4O4S. The Morgan fingerprint density at radius 1 is 1.13 bits per heavy atom. The molecule has 2 aromatic heterocycles. The Morgan fingerprint density at radius 3 is 2.63 bits per heavy atom. The van der Waals surface area contributed by atoms with E-state index < -0.39 is 5.97 Å². The van der Waals surface area contributed by atoms with Crippen LogP contribution in [-0.2, 0) is 16.1 Å². The Kier molecular flexibility index (Phi) is 5.80. The van der Waals surface area contributed by atoms with Gasteiger partial charge in [0.1, 0.15) is 17.7 Å². The summed E-state index contributed by atoms with van der Waals surface area (Å²) in [5, 5.41) is 4.96. The predicted molar refractivity (Wildman–Crippen MR) is 113 cm³/mol. The van der Waals surface area contributed by atoms with E-state index in [2.05, 4.69) is 15.1 Å². The van der Waals surface area contributed by atoms with Crippen LogP contribution in [0.4, 0.5) is 0 Å². The number of carbonyl (C=O) groups excluding carboxylic acids is 1. The number of fused-ring (bicyclic) bond motifs is 1. The topological polar surface area (TPSA) is 99.1 Å². The van der Waals surface area contributed by atoms with Gasteiger partial charge >= 0.3 is 5.97 Å². The quantitative estimate of drug-likeness (QED) is 0.278. The van der Waals surface area contributed by atoms with Crippen molar-refractivity contribution >= 4 is 28.8 Å². The fourth-order valence-electron chi connectivity index (χ4n) is 2.79. The van der Waals surface area contributed by atoms with Crippen LogP contribution in [0.25, 0.3) is 16.7 Å². The third kappa shape index (κ3) is 4.36. The second kappa shape index (κ2) is 8.83. The summed E-state index contributed by atoms with van der Waals surface area (Å²) >= 11 is 1.10. The molecule has 0 atom stereocenters. The van der Waals surface area contributed by atoms with E-state index in [1.807, 2.05) is 42.5 Å². The molecule has 0 unspecified atom stereocenters. The molecule has 4 aromatic rings. The lowest BCUT2D eigenvalue weighted by molar-refractivity contribution is -0.141. The van der Waals surface area contributed by atoms with E-state index >= 15 is 0 Å². The molecule has 0 saturated carbocycles. The largest absolute Gasteiger partial charge is 0.497 e. The lowest BCUT2D eigenvalue weighted by Crippen LogP contribution is -2.12. The highest BCUT2D eigenvalue weighted by molar-refractivity contribution is 7.99. The molecule has 0 saturated heterocycles. The number of hydrogen-bond acceptors (Lipinski definition) is 7. The molecule has 1 N–H and O–H groups in total. The average Bonchev–Trinajstić information content (AvgIpc) is 3.21. The molecule has 152 valence electrons. The van der Waals surface area contributed by atoms with Gasteiger partial charge in [0.05, 0.1) is 24.7 Å². The number of hydrogen-bond donors (Lipinski definition) is 1. The van der Waals surface area contributed by atoms with Gasteiger partial charge in [-0.05, 0) is 29.8 Å². The molecule has 0 spiro atoms. The molecule has 0 fully saturated rings. The van der Waals surface area contributed by atoms with Crippen LogP contribution in [0.5, 0.6) is 5.75 Å². The monoisotopic (exact) mass is 422 g/mol. The molecule has 0 aliphatic rings. The van der Waals surface area contributed by atoms with E-state index in [4.69, 9.17) is 9.47 Å². The first-order valence-corrected chi connectivity index (χ1v) is 10.1. The maximum Gasteiger partial charge on any atom is 0.316 e. The zero-order chi connectivity index (χ0) is 20.9. The summed E-state index contributed by atoms with van der Waals surface area (Å²) in [4.78, 5) is 31.6. The number of thioether (sulfide) groups is 1. The molecule has 8 nitrogen and oxygen atoms in total. The number of methoxy groups -OCH3 is 1. The van der Waals surface area contributed by atoms with Crippen LogP contribution in [0, 0.1) is 0 Å². The number of rotatable bonds is 7. The van der Waals surface area contributed by atoms with Crippen molar-refractivity contribution in [3.63, 3.8) is 0 Å². The van der Waals surface area contributed by atoms with E-state index in [-0.39, 0.29) is 17.9 Å². The summed E-state index contributed by atoms with van der Waals surface area (Å²) in [7, 11) is 1.59. The van der Waals surface area contributed by atoms with Crippen molar-refractivity contribution in [2.24, 2.45) is 0 Å². The van der Waals surface area contributed by atoms with Gasteiger partial charge in [0, 0.05) is 0 Å². The second-order valence-electron chi connectivity index (χ2n) is 6.30. The normalized spacial score (nSPS) is 10.8. The van der Waals surface area contributed by atoms with Gasteiger partial charge in [-0.25, -0.2) is 9.67 Å². The standard InChI is InChI=1S/C21H18N4O4S/c1-28-16-9-7-15(8-10-16)25-19-17(11-22-25)20(27)24-21(23-19)30-13-18(26)29-12-14-5-3-2-4-6-14/h2-11H,12-13H2,1H3,(H,23,24,27). The minimum absolute atomic E-state index is 0.0257. The van der Waals surface area contributed by atoms with E-state index in [1.165, 1.54) is 6.20 Å². The maximum absolute atomic E-state index is 12.4. The predicted octanol–water partition coefficient (Wildman–Crippen LogP) is 2.95. The molecule has 2 heterocycles. The molecule has 2 aromatic carbocycles. The fraction of sp³-hybridized carbons (Fsp3) is 0.143. The molecule has 0 radical (unpaired) electrons. The number of nitrogens with zero attached hydrogens (tertiary/aromatic N) is 3. The zero-order valence-electron chi connectivity index (χ0n) is 16.1. The van der Waals surface area contributed by atoms with Crippen LogP contribution >= 0.6 is 11.8 Å². The SMILES string of the molecule is COc1ccc(-n2ncc3c(=O)[nH]c(SCC(=O)OCc4ccccc4)nc32)cc1. The molecule has 30 heavy (non-hydrogen) atoms. The molecule has 9 heteroatoms. The minimum Gasteiger partial charge on any atom is -0.497 e. The van der Waals surface area contributed by atoms with Gasteiger partial charge in [0.2, 0.25) is 0 Å². The van der Waals surface area contributed by atoms with Crippen molar-refractivity contribution in [1.29, 1.82) is 0 Å². The maximum atomic E-state index is 12.4. The van der Waals surface area contributed by atoms with E-state index in [1.54, 1.807) is 23.9 Å². The van der Waals surface area contributed by atoms with Gasteiger partial charge in [-0.2, -0.15) is 5.10 Å². The summed E-state index contributed by atoms with van der Waals surface area (Å²) in [6.45, 7) is 0.202. The van der Waals surface area contributed by atoms with Crippen LogP contribution < -0.4 is 10.3 Å². The number of aromatic amines is 1. The van der Waals surface area contributed by atoms with Gasteiger partial charge in [-0.3, -0.25) is 9.59 Å². The van der Waals surface area contributed by atoms with E-state index in [0.717, 1.165) is 23.0 Å². The number of carbonyl (C=O) groups is 1. The third-order valence-corrected chi connectivity index (χ3v) is 5.15. The number of H-pyrrole nitrogens is 1. The van der Waals surface area contributed by atoms with E-state index in [0.29, 0.717) is 21.9 Å². The number of aromatic nitrogens is 4. The Hall–Kier alpha value is -3.59. The number of ether oxygens (including phenoxy) is 2. The molecule has 0 bridgehead atoms. The average molecular weight is 422 g/mol. The van der Waals surface area contributed by atoms with Gasteiger partial charge < -0.3 is 14.5 Å². The van der Waals surface area contributed by atoms with Crippen LogP contribution in [-0.4, -0.2) is 38.6 Å². The Morgan fingerprint density at radius 2 is 1.90 bits per heavy atom. The molecular weight excluding hydrogens is 404 g/mol. The lowest BCUT2D eigenvalue weighted by Gasteiger charge is -2.06. The highest BCUT2D eigenvalue weighted by atomic mass is 32.2. The number of nitrogens with one attached hydrogen (secondary N) is 1. The summed E-state index contributed by atoms with van der Waals surface area (Å²) in [5.74, 6) is 0.347. The Balaban J connectivity index is 1.49. The molecule has 4 rings (SSSR count). The van der Waals surface area contributed by atoms with Crippen LogP contribution in [0.3, 0.4) is 0 Å². The minimum atomic E-state index is -0.393. The highest BCUT2D eigenvalue weighted by Gasteiger charge is 2.13. The van der Waals surface area contributed by atoms with Crippen LogP contribution in [0.2, 0.25) is 0 Å². The Bertz CT molecular complexity index is 1220. The molecule has 0 amide bonds. The van der Waals surface area contributed by atoms with E-state index in [9.17, 15) is 9.59 Å². The van der Waals surface area contributed by atoms with Crippen molar-refractivity contribution < 1.29 is 14.3 Å². The molecule has 0 aliphatic carbocycles. The van der Waals surface area contributed by atoms with Gasteiger partial charge in [-0.1, -0.05) is 42.1 Å². The van der Waals surface area contributed by atoms with Crippen molar-refractivity contribution in [3.05, 3.63) is 76.7 Å². The Labute approximate surface area is 175 Å². The third-order valence-electron chi connectivity index (χ3n) is 4.30. The van der Waals surface area contributed by atoms with Gasteiger partial charge in [0.15, 0.2) is 10.8 Å². The van der Waals surface area contributed by atoms with Crippen LogP contribution in [0.1, 0.15) is 5.56 Å². The number of benzene rings is 2.